The average Bonchev–Trinajstić information content (AvgIpc) is 1.84. The second-order valence-electron chi connectivity index (χ2n) is 3.24. The fourth-order valence-corrected chi connectivity index (χ4v) is 1.08. The maximum Gasteiger partial charge on any atom is 0.381 e. The van der Waals surface area contributed by atoms with Crippen molar-refractivity contribution in [1.82, 2.24) is 0 Å². The molecule has 0 aliphatic carbocycles. The Bertz CT molecular complexity index is 221. The second-order valence-corrected chi connectivity index (χ2v) is 4.25. The first-order valence-electron chi connectivity index (χ1n) is 3.31. The molecule has 0 aliphatic heterocycles. The highest BCUT2D eigenvalue weighted by Crippen LogP contribution is 2.44. The maximum atomic E-state index is 13.1. The summed E-state index contributed by atoms with van der Waals surface area (Å²) in [6.45, 7) is 1.41. The first-order valence-corrected chi connectivity index (χ1v) is 4.42. The number of alkyl halides is 4. The van der Waals surface area contributed by atoms with Gasteiger partial charge in [0.05, 0.1) is 0 Å². The van der Waals surface area contributed by atoms with Gasteiger partial charge in [0.15, 0.2) is 0 Å². The Labute approximate surface area is 75.6 Å². The number of hydrogen-bond acceptors (Lipinski definition) is 1. The van der Waals surface area contributed by atoms with E-state index in [2.05, 4.69) is 0 Å². The molecule has 0 aromatic rings. The van der Waals surface area contributed by atoms with Crippen LogP contribution < -0.4 is 0 Å². The van der Waals surface area contributed by atoms with Crippen molar-refractivity contribution in [3.05, 3.63) is 0 Å². The lowest BCUT2D eigenvalue weighted by molar-refractivity contribution is -0.135. The molecular weight excluding hydrogens is 212 g/mol. The molecule has 0 spiro atoms. The highest BCUT2D eigenvalue weighted by Gasteiger charge is 2.64. The van der Waals surface area contributed by atoms with Crippen LogP contribution in [0.2, 0.25) is 0 Å². The number of hydrogen-bond donors (Lipinski definition) is 1. The lowest BCUT2D eigenvalue weighted by Crippen LogP contribution is -2.56. The fraction of sp³-hybridized carbons (Fsp3) is 1.00. The van der Waals surface area contributed by atoms with Gasteiger partial charge in [-0.25, -0.2) is 13.0 Å². The minimum Gasteiger partial charge on any atom is -0.301 e. The Morgan fingerprint density at radius 3 is 1.46 bits per heavy atom. The lowest BCUT2D eigenvalue weighted by Gasteiger charge is -2.34. The molecule has 80 valence electrons. The van der Waals surface area contributed by atoms with E-state index in [-0.39, 0.29) is 6.92 Å². The summed E-state index contributed by atoms with van der Waals surface area (Å²) >= 11 is -3.74. The van der Waals surface area contributed by atoms with Gasteiger partial charge < -0.3 is 4.55 Å². The standard InChI is InChI=1S/C6H10F4O2S/c1-4(2,7)5(3,8)6(9,10)13(11)12/h1-3H3,(H,11,12). The minimum atomic E-state index is -4.63. The third kappa shape index (κ3) is 2.01. The highest BCUT2D eigenvalue weighted by atomic mass is 32.2. The van der Waals surface area contributed by atoms with E-state index in [0.29, 0.717) is 13.8 Å². The van der Waals surface area contributed by atoms with Crippen molar-refractivity contribution in [2.24, 2.45) is 0 Å². The van der Waals surface area contributed by atoms with Gasteiger partial charge in [0, 0.05) is 0 Å². The molecule has 2 unspecified atom stereocenters. The molecular formula is C6H10F4O2S. The van der Waals surface area contributed by atoms with E-state index in [1.165, 1.54) is 0 Å². The third-order valence-electron chi connectivity index (χ3n) is 1.88. The first kappa shape index (κ1) is 12.8. The van der Waals surface area contributed by atoms with Crippen LogP contribution in [0.15, 0.2) is 0 Å². The van der Waals surface area contributed by atoms with Gasteiger partial charge in [0.2, 0.25) is 16.7 Å². The van der Waals surface area contributed by atoms with E-state index in [4.69, 9.17) is 4.55 Å². The van der Waals surface area contributed by atoms with E-state index in [0.717, 1.165) is 0 Å². The summed E-state index contributed by atoms with van der Waals surface area (Å²) in [4.78, 5) is 0. The van der Waals surface area contributed by atoms with Crippen LogP contribution in [-0.2, 0) is 11.1 Å². The molecule has 0 aromatic carbocycles. The molecule has 0 bridgehead atoms. The van der Waals surface area contributed by atoms with Gasteiger partial charge >= 0.3 is 5.25 Å². The summed E-state index contributed by atoms with van der Waals surface area (Å²) in [5.74, 6) is 0. The Morgan fingerprint density at radius 2 is 1.38 bits per heavy atom. The lowest BCUT2D eigenvalue weighted by atomic mass is 9.91. The summed E-state index contributed by atoms with van der Waals surface area (Å²) in [6, 6.07) is 0. The molecule has 2 nitrogen and oxygen atoms in total. The van der Waals surface area contributed by atoms with Gasteiger partial charge in [0.1, 0.15) is 5.67 Å². The Kier molecular flexibility index (Phi) is 3.16. The summed E-state index contributed by atoms with van der Waals surface area (Å²) in [7, 11) is 0. The maximum absolute atomic E-state index is 13.1. The smallest absolute Gasteiger partial charge is 0.301 e. The number of rotatable bonds is 3. The Morgan fingerprint density at radius 1 is 1.08 bits per heavy atom. The first-order chi connectivity index (χ1) is 5.44. The van der Waals surface area contributed by atoms with Crippen LogP contribution in [0.4, 0.5) is 17.6 Å². The van der Waals surface area contributed by atoms with Gasteiger partial charge in [-0.3, -0.25) is 0 Å². The summed E-state index contributed by atoms with van der Waals surface area (Å²) < 4.78 is 69.5. The fourth-order valence-electron chi connectivity index (χ4n) is 0.510. The van der Waals surface area contributed by atoms with Crippen LogP contribution in [0.25, 0.3) is 0 Å². The van der Waals surface area contributed by atoms with E-state index in [9.17, 15) is 21.8 Å². The van der Waals surface area contributed by atoms with Crippen molar-refractivity contribution in [3.63, 3.8) is 0 Å². The van der Waals surface area contributed by atoms with Crippen molar-refractivity contribution in [2.45, 2.75) is 37.4 Å². The van der Waals surface area contributed by atoms with Crippen LogP contribution in [0, 0.1) is 0 Å². The predicted octanol–water partition coefficient (Wildman–Crippen LogP) is 2.28. The van der Waals surface area contributed by atoms with E-state index in [1.54, 1.807) is 0 Å². The predicted molar refractivity (Wildman–Crippen MR) is 40.4 cm³/mol. The SMILES string of the molecule is CC(C)(F)C(C)(F)C(F)(F)S(=O)O. The zero-order valence-corrected chi connectivity index (χ0v) is 8.09. The number of halogens is 4. The molecule has 13 heavy (non-hydrogen) atoms. The van der Waals surface area contributed by atoms with Crippen molar-refractivity contribution < 1.29 is 26.3 Å². The molecule has 0 saturated heterocycles. The van der Waals surface area contributed by atoms with Crippen molar-refractivity contribution in [2.75, 3.05) is 0 Å². The van der Waals surface area contributed by atoms with E-state index < -0.39 is 27.7 Å². The largest absolute Gasteiger partial charge is 0.381 e. The summed E-state index contributed by atoms with van der Waals surface area (Å²) in [5.41, 5.74) is -6.60. The summed E-state index contributed by atoms with van der Waals surface area (Å²) in [5, 5.41) is -4.63. The van der Waals surface area contributed by atoms with Crippen molar-refractivity contribution >= 4 is 11.1 Å². The van der Waals surface area contributed by atoms with Gasteiger partial charge in [-0.05, 0) is 20.8 Å². The second kappa shape index (κ2) is 3.20. The van der Waals surface area contributed by atoms with Crippen LogP contribution in [-0.4, -0.2) is 25.4 Å². The van der Waals surface area contributed by atoms with E-state index >= 15 is 0 Å². The molecule has 0 saturated carbocycles. The van der Waals surface area contributed by atoms with Gasteiger partial charge in [0.25, 0.3) is 0 Å². The molecule has 1 N–H and O–H groups in total. The zero-order valence-electron chi connectivity index (χ0n) is 7.28. The van der Waals surface area contributed by atoms with Crippen LogP contribution >= 0.6 is 0 Å². The molecule has 0 amide bonds. The minimum absolute atomic E-state index is 0.251. The van der Waals surface area contributed by atoms with Crippen molar-refractivity contribution in [3.8, 4) is 0 Å². The average molecular weight is 222 g/mol. The van der Waals surface area contributed by atoms with Crippen molar-refractivity contribution in [1.29, 1.82) is 0 Å². The Balaban J connectivity index is 5.16. The van der Waals surface area contributed by atoms with Crippen LogP contribution in [0.3, 0.4) is 0 Å². The van der Waals surface area contributed by atoms with Crippen LogP contribution in [0.1, 0.15) is 20.8 Å². The monoisotopic (exact) mass is 222 g/mol. The molecule has 0 fully saturated rings. The van der Waals surface area contributed by atoms with Gasteiger partial charge in [-0.1, -0.05) is 0 Å². The third-order valence-corrected chi connectivity index (χ3v) is 2.70. The normalized spacial score (nSPS) is 20.9. The van der Waals surface area contributed by atoms with E-state index in [1.807, 2.05) is 0 Å². The van der Waals surface area contributed by atoms with Crippen LogP contribution in [0.5, 0.6) is 0 Å². The molecule has 0 rings (SSSR count). The Hall–Kier alpha value is -0.170. The molecule has 0 radical (unpaired) electrons. The molecule has 0 heterocycles. The van der Waals surface area contributed by atoms with Gasteiger partial charge in [-0.15, -0.1) is 0 Å². The zero-order chi connectivity index (χ0) is 11.1. The highest BCUT2D eigenvalue weighted by molar-refractivity contribution is 7.80. The van der Waals surface area contributed by atoms with Gasteiger partial charge in [-0.2, -0.15) is 8.78 Å². The molecule has 0 aromatic heterocycles. The topological polar surface area (TPSA) is 37.3 Å². The summed E-state index contributed by atoms with van der Waals surface area (Å²) in [6.07, 6.45) is 0. The molecule has 7 heteroatoms. The molecule has 0 aliphatic rings. The molecule has 2 atom stereocenters. The quantitative estimate of drug-likeness (QED) is 0.587.